The molecule has 0 aromatic heterocycles. The van der Waals surface area contributed by atoms with Gasteiger partial charge in [-0.25, -0.2) is 0 Å². The fourth-order valence-electron chi connectivity index (χ4n) is 3.70. The second-order valence-corrected chi connectivity index (χ2v) is 6.55. The second kappa shape index (κ2) is 7.16. The van der Waals surface area contributed by atoms with Crippen LogP contribution in [-0.2, 0) is 23.7 Å². The van der Waals surface area contributed by atoms with E-state index >= 15 is 0 Å². The van der Waals surface area contributed by atoms with E-state index in [-0.39, 0.29) is 42.6 Å². The van der Waals surface area contributed by atoms with Crippen molar-refractivity contribution < 1.29 is 23.7 Å². The Kier molecular flexibility index (Phi) is 5.19. The molecule has 3 aliphatic rings. The van der Waals surface area contributed by atoms with E-state index in [4.69, 9.17) is 18.9 Å². The molecule has 0 saturated carbocycles. The molecule has 3 heterocycles. The Morgan fingerprint density at radius 1 is 1.30 bits per heavy atom. The summed E-state index contributed by atoms with van der Waals surface area (Å²) in [6, 6.07) is 0. The van der Waals surface area contributed by atoms with Gasteiger partial charge in [0.05, 0.1) is 31.0 Å². The quantitative estimate of drug-likeness (QED) is 0.590. The molecule has 2 saturated heterocycles. The molecule has 0 amide bonds. The first-order chi connectivity index (χ1) is 11.1. The zero-order valence-electron chi connectivity index (χ0n) is 14.1. The molecule has 0 bridgehead atoms. The lowest BCUT2D eigenvalue weighted by molar-refractivity contribution is -0.247. The molecule has 0 aliphatic carbocycles. The fraction of sp³-hybridized carbons (Fsp3) is 0.722. The highest BCUT2D eigenvalue weighted by atomic mass is 16.6. The molecule has 23 heavy (non-hydrogen) atoms. The Labute approximate surface area is 137 Å². The maximum Gasteiger partial charge on any atom is 0.302 e. The van der Waals surface area contributed by atoms with Gasteiger partial charge in [-0.2, -0.15) is 0 Å². The molecule has 6 atom stereocenters. The van der Waals surface area contributed by atoms with Crippen LogP contribution in [0.5, 0.6) is 0 Å². The van der Waals surface area contributed by atoms with Crippen LogP contribution in [0.15, 0.2) is 23.8 Å². The standard InChI is InChI=1S/C18H26O5/c1-4-5-6-13-14(21-12(3)19)9-16-15(22-13)10-17-18(23-16)11(2)7-8-20-17/h4-5,7,13-18H,6,8-10H2,1-3H3/b5-4-/t13-,14+,15+,16-,17-,18+/m0/s1. The highest BCUT2D eigenvalue weighted by Crippen LogP contribution is 2.38. The number of fused-ring (bicyclic) bond motifs is 2. The minimum atomic E-state index is -0.270. The van der Waals surface area contributed by atoms with Crippen molar-refractivity contribution in [2.24, 2.45) is 0 Å². The number of allylic oxidation sites excluding steroid dienone is 1. The van der Waals surface area contributed by atoms with Gasteiger partial charge in [-0.1, -0.05) is 18.2 Å². The molecule has 0 aromatic rings. The van der Waals surface area contributed by atoms with Crippen molar-refractivity contribution in [3.63, 3.8) is 0 Å². The maximum absolute atomic E-state index is 11.4. The minimum absolute atomic E-state index is 0.00124. The Hall–Kier alpha value is -1.17. The summed E-state index contributed by atoms with van der Waals surface area (Å²) in [4.78, 5) is 11.4. The SMILES string of the molecule is C/C=C\C[C@@H]1O[C@@H]2C[C@@H]3OCC=C(C)[C@H]3O[C@H]2C[C@H]1OC(C)=O. The van der Waals surface area contributed by atoms with Gasteiger partial charge >= 0.3 is 5.97 Å². The van der Waals surface area contributed by atoms with Gasteiger partial charge in [0.25, 0.3) is 0 Å². The monoisotopic (exact) mass is 322 g/mol. The second-order valence-electron chi connectivity index (χ2n) is 6.55. The van der Waals surface area contributed by atoms with Crippen LogP contribution in [0.25, 0.3) is 0 Å². The van der Waals surface area contributed by atoms with Crippen LogP contribution in [0.3, 0.4) is 0 Å². The maximum atomic E-state index is 11.4. The number of ether oxygens (including phenoxy) is 4. The Morgan fingerprint density at radius 3 is 2.83 bits per heavy atom. The third-order valence-electron chi connectivity index (χ3n) is 4.85. The van der Waals surface area contributed by atoms with E-state index in [0.717, 1.165) is 12.8 Å². The Morgan fingerprint density at radius 2 is 2.09 bits per heavy atom. The summed E-state index contributed by atoms with van der Waals surface area (Å²) in [6.07, 6.45) is 8.03. The first-order valence-corrected chi connectivity index (χ1v) is 8.46. The van der Waals surface area contributed by atoms with Gasteiger partial charge in [0.1, 0.15) is 12.2 Å². The zero-order valence-corrected chi connectivity index (χ0v) is 14.1. The van der Waals surface area contributed by atoms with E-state index in [1.54, 1.807) is 0 Å². The van der Waals surface area contributed by atoms with E-state index in [2.05, 4.69) is 19.1 Å². The number of hydrogen-bond acceptors (Lipinski definition) is 5. The van der Waals surface area contributed by atoms with Crippen LogP contribution in [0.1, 0.15) is 40.0 Å². The van der Waals surface area contributed by atoms with Gasteiger partial charge in [0.15, 0.2) is 0 Å². The lowest BCUT2D eigenvalue weighted by Gasteiger charge is -2.48. The molecule has 3 aliphatic heterocycles. The third-order valence-corrected chi connectivity index (χ3v) is 4.85. The molecule has 0 unspecified atom stereocenters. The van der Waals surface area contributed by atoms with Gasteiger partial charge in [0.2, 0.25) is 0 Å². The highest BCUT2D eigenvalue weighted by molar-refractivity contribution is 5.66. The molecular formula is C18H26O5. The van der Waals surface area contributed by atoms with Crippen molar-refractivity contribution in [3.05, 3.63) is 23.8 Å². The molecule has 0 aromatic carbocycles. The Balaban J connectivity index is 1.72. The summed E-state index contributed by atoms with van der Waals surface area (Å²) >= 11 is 0. The average molecular weight is 322 g/mol. The van der Waals surface area contributed by atoms with Crippen molar-refractivity contribution in [1.29, 1.82) is 0 Å². The average Bonchev–Trinajstić information content (AvgIpc) is 2.51. The van der Waals surface area contributed by atoms with Crippen molar-refractivity contribution in [2.45, 2.75) is 76.7 Å². The molecule has 0 N–H and O–H groups in total. The number of esters is 1. The lowest BCUT2D eigenvalue weighted by Crippen LogP contribution is -2.57. The van der Waals surface area contributed by atoms with Gasteiger partial charge in [-0.05, 0) is 25.8 Å². The molecule has 0 radical (unpaired) electrons. The molecule has 0 spiro atoms. The van der Waals surface area contributed by atoms with Crippen LogP contribution in [0, 0.1) is 0 Å². The van der Waals surface area contributed by atoms with Crippen molar-refractivity contribution in [3.8, 4) is 0 Å². The molecule has 2 fully saturated rings. The van der Waals surface area contributed by atoms with Gasteiger partial charge in [0, 0.05) is 19.8 Å². The normalized spacial score (nSPS) is 40.2. The zero-order chi connectivity index (χ0) is 16.4. The lowest BCUT2D eigenvalue weighted by atomic mass is 9.87. The number of carbonyl (C=O) groups is 1. The topological polar surface area (TPSA) is 54.0 Å². The predicted octanol–water partition coefficient (Wildman–Crippen LogP) is 2.54. The summed E-state index contributed by atoms with van der Waals surface area (Å²) in [7, 11) is 0. The molecule has 128 valence electrons. The van der Waals surface area contributed by atoms with Crippen LogP contribution >= 0.6 is 0 Å². The smallest absolute Gasteiger partial charge is 0.302 e. The first kappa shape index (κ1) is 16.7. The molecule has 5 heteroatoms. The van der Waals surface area contributed by atoms with Gasteiger partial charge in [-0.15, -0.1) is 0 Å². The molecule has 5 nitrogen and oxygen atoms in total. The van der Waals surface area contributed by atoms with Crippen molar-refractivity contribution in [2.75, 3.05) is 6.61 Å². The number of carbonyl (C=O) groups excluding carboxylic acids is 1. The van der Waals surface area contributed by atoms with E-state index in [0.29, 0.717) is 13.0 Å². The van der Waals surface area contributed by atoms with Gasteiger partial charge < -0.3 is 18.9 Å². The molecule has 3 rings (SSSR count). The van der Waals surface area contributed by atoms with Crippen LogP contribution in [-0.4, -0.2) is 49.2 Å². The van der Waals surface area contributed by atoms with Crippen LogP contribution in [0.4, 0.5) is 0 Å². The van der Waals surface area contributed by atoms with E-state index in [1.165, 1.54) is 12.5 Å². The predicted molar refractivity (Wildman–Crippen MR) is 85.0 cm³/mol. The third kappa shape index (κ3) is 3.67. The molecular weight excluding hydrogens is 296 g/mol. The number of rotatable bonds is 3. The summed E-state index contributed by atoms with van der Waals surface area (Å²) in [5.74, 6) is -0.270. The van der Waals surface area contributed by atoms with Crippen molar-refractivity contribution in [1.82, 2.24) is 0 Å². The van der Waals surface area contributed by atoms with Crippen LogP contribution in [0.2, 0.25) is 0 Å². The van der Waals surface area contributed by atoms with Crippen LogP contribution < -0.4 is 0 Å². The minimum Gasteiger partial charge on any atom is -0.460 e. The summed E-state index contributed by atoms with van der Waals surface area (Å²) in [5.41, 5.74) is 1.22. The summed E-state index contributed by atoms with van der Waals surface area (Å²) in [6.45, 7) is 6.15. The number of hydrogen-bond donors (Lipinski definition) is 0. The van der Waals surface area contributed by atoms with Crippen molar-refractivity contribution >= 4 is 5.97 Å². The van der Waals surface area contributed by atoms with E-state index < -0.39 is 0 Å². The Bertz CT molecular complexity index is 498. The fourth-order valence-corrected chi connectivity index (χ4v) is 3.70. The van der Waals surface area contributed by atoms with E-state index in [1.807, 2.05) is 13.0 Å². The first-order valence-electron chi connectivity index (χ1n) is 8.46. The largest absolute Gasteiger partial charge is 0.460 e. The van der Waals surface area contributed by atoms with Gasteiger partial charge in [-0.3, -0.25) is 4.79 Å². The van der Waals surface area contributed by atoms with E-state index in [9.17, 15) is 4.79 Å². The summed E-state index contributed by atoms with van der Waals surface area (Å²) < 4.78 is 23.8. The summed E-state index contributed by atoms with van der Waals surface area (Å²) in [5, 5.41) is 0. The highest BCUT2D eigenvalue weighted by Gasteiger charge is 2.47.